The van der Waals surface area contributed by atoms with Gasteiger partial charge in [-0.3, -0.25) is 0 Å². The molecule has 0 saturated heterocycles. The number of urea groups is 1. The van der Waals surface area contributed by atoms with Crippen molar-refractivity contribution in [2.45, 2.75) is 30.6 Å². The van der Waals surface area contributed by atoms with Crippen molar-refractivity contribution in [3.8, 4) is 11.4 Å². The normalized spacial score (nSPS) is 12.5. The van der Waals surface area contributed by atoms with E-state index in [0.717, 1.165) is 11.6 Å². The van der Waals surface area contributed by atoms with E-state index >= 15 is 0 Å². The fourth-order valence-corrected chi connectivity index (χ4v) is 5.06. The number of carbonyl (C=O) groups is 1. The van der Waals surface area contributed by atoms with Crippen molar-refractivity contribution >= 4 is 16.1 Å². The largest absolute Gasteiger partial charge is 0.573 e. The minimum Gasteiger partial charge on any atom is -0.406 e. The minimum atomic E-state index is -4.87. The van der Waals surface area contributed by atoms with E-state index in [1.54, 1.807) is 43.3 Å². The molecule has 4 rings (SSSR count). The molecule has 1 heterocycles. The summed E-state index contributed by atoms with van der Waals surface area (Å²) in [6.07, 6.45) is -1.71. The Morgan fingerprint density at radius 2 is 1.74 bits per heavy atom. The van der Waals surface area contributed by atoms with Crippen LogP contribution in [0, 0.1) is 6.92 Å². The van der Waals surface area contributed by atoms with Crippen molar-refractivity contribution in [1.29, 1.82) is 0 Å². The second-order valence-corrected chi connectivity index (χ2v) is 9.94. The van der Waals surface area contributed by atoms with Crippen LogP contribution >= 0.6 is 0 Å². The zero-order valence-electron chi connectivity index (χ0n) is 20.0. The quantitative estimate of drug-likeness (QED) is 0.323. The molecule has 0 aliphatic heterocycles. The van der Waals surface area contributed by atoms with Gasteiger partial charge in [0, 0.05) is 18.5 Å². The third kappa shape index (κ3) is 6.71. The van der Waals surface area contributed by atoms with Gasteiger partial charge in [-0.25, -0.2) is 22.9 Å². The number of hydrogen-bond acceptors (Lipinski definition) is 5. The highest BCUT2D eigenvalue weighted by Crippen LogP contribution is 2.27. The summed E-state index contributed by atoms with van der Waals surface area (Å²) in [4.78, 5) is 17.2. The number of ether oxygens (including phenoxy) is 1. The van der Waals surface area contributed by atoms with Gasteiger partial charge in [0.1, 0.15) is 11.6 Å². The van der Waals surface area contributed by atoms with Crippen molar-refractivity contribution in [3.63, 3.8) is 0 Å². The predicted molar refractivity (Wildman–Crippen MR) is 133 cm³/mol. The van der Waals surface area contributed by atoms with E-state index in [4.69, 9.17) is 0 Å². The maximum Gasteiger partial charge on any atom is 0.573 e. The first kappa shape index (κ1) is 26.7. The molecule has 0 aliphatic rings. The highest BCUT2D eigenvalue weighted by Gasteiger charge is 2.31. The number of alkyl halides is 3. The molecule has 198 valence electrons. The number of halogens is 3. The summed E-state index contributed by atoms with van der Waals surface area (Å²) in [5.41, 5.74) is 1.57. The predicted octanol–water partition coefficient (Wildman–Crippen LogP) is 5.05. The first-order chi connectivity index (χ1) is 18.0. The Bertz CT molecular complexity index is 1520. The number of hydrogen-bond donors (Lipinski definition) is 2. The van der Waals surface area contributed by atoms with Crippen LogP contribution in [0.5, 0.6) is 5.75 Å². The van der Waals surface area contributed by atoms with Gasteiger partial charge >= 0.3 is 12.4 Å². The lowest BCUT2D eigenvalue weighted by Gasteiger charge is -2.21. The molecule has 2 N–H and O–H groups in total. The molecule has 0 fully saturated rings. The molecule has 1 unspecified atom stereocenters. The zero-order chi connectivity index (χ0) is 27.3. The third-order valence-electron chi connectivity index (χ3n) is 5.51. The van der Waals surface area contributed by atoms with Gasteiger partial charge in [0.25, 0.3) is 10.0 Å². The Labute approximate surface area is 217 Å². The van der Waals surface area contributed by atoms with Crippen LogP contribution in [0.15, 0.2) is 96.2 Å². The lowest BCUT2D eigenvalue weighted by atomic mass is 10.1. The van der Waals surface area contributed by atoms with E-state index < -0.39 is 34.2 Å². The van der Waals surface area contributed by atoms with E-state index in [-0.39, 0.29) is 17.1 Å². The Balaban J connectivity index is 1.64. The summed E-state index contributed by atoms with van der Waals surface area (Å²) in [6, 6.07) is 18.7. The monoisotopic (exact) mass is 544 g/mol. The summed E-state index contributed by atoms with van der Waals surface area (Å²) in [7, 11) is -4.18. The smallest absolute Gasteiger partial charge is 0.406 e. The Morgan fingerprint density at radius 1 is 1.03 bits per heavy atom. The van der Waals surface area contributed by atoms with Crippen LogP contribution in [0.2, 0.25) is 0 Å². The lowest BCUT2D eigenvalue weighted by Crippen LogP contribution is -2.42. The van der Waals surface area contributed by atoms with Gasteiger partial charge in [0.2, 0.25) is 0 Å². The number of rotatable bonds is 8. The second-order valence-electron chi connectivity index (χ2n) is 8.29. The molecule has 0 bridgehead atoms. The number of sulfonamides is 1. The van der Waals surface area contributed by atoms with Gasteiger partial charge in [-0.05, 0) is 42.7 Å². The standard InChI is InChI=1S/C26H23F3N4O4S/c1-18-8-5-6-13-23(18)38(35,36)32-25(34)31-22(16-19-9-3-2-4-10-19)24-30-14-15-33(24)20-11-7-12-21(17-20)37-26(27,28)29/h2-15,17,22H,16H2,1H3,(H2,31,32,34). The van der Waals surface area contributed by atoms with Gasteiger partial charge in [-0.2, -0.15) is 0 Å². The fourth-order valence-electron chi connectivity index (χ4n) is 3.90. The van der Waals surface area contributed by atoms with Gasteiger partial charge in [-0.15, -0.1) is 13.2 Å². The maximum atomic E-state index is 12.9. The number of imidazole rings is 1. The molecular weight excluding hydrogens is 521 g/mol. The molecule has 8 nitrogen and oxygen atoms in total. The Hall–Kier alpha value is -4.32. The molecule has 0 aliphatic carbocycles. The second kappa shape index (κ2) is 11.0. The van der Waals surface area contributed by atoms with Crippen LogP contribution in [0.3, 0.4) is 0 Å². The molecule has 1 aromatic heterocycles. The van der Waals surface area contributed by atoms with Gasteiger partial charge in [0.05, 0.1) is 16.6 Å². The first-order valence-electron chi connectivity index (χ1n) is 11.3. The molecule has 2 amide bonds. The van der Waals surface area contributed by atoms with E-state index in [2.05, 4.69) is 15.0 Å². The number of benzene rings is 3. The molecule has 4 aromatic rings. The van der Waals surface area contributed by atoms with Crippen LogP contribution in [-0.2, 0) is 16.4 Å². The van der Waals surface area contributed by atoms with E-state index in [1.807, 2.05) is 22.9 Å². The van der Waals surface area contributed by atoms with Crippen molar-refractivity contribution < 1.29 is 31.1 Å². The van der Waals surface area contributed by atoms with Gasteiger partial charge < -0.3 is 14.6 Å². The molecule has 0 radical (unpaired) electrons. The molecule has 1 atom stereocenters. The van der Waals surface area contributed by atoms with E-state index in [0.29, 0.717) is 11.3 Å². The molecule has 0 spiro atoms. The van der Waals surface area contributed by atoms with Crippen LogP contribution in [0.4, 0.5) is 18.0 Å². The van der Waals surface area contributed by atoms with Crippen LogP contribution in [0.25, 0.3) is 5.69 Å². The van der Waals surface area contributed by atoms with Gasteiger partial charge in [-0.1, -0.05) is 54.6 Å². The highest BCUT2D eigenvalue weighted by molar-refractivity contribution is 7.90. The van der Waals surface area contributed by atoms with Crippen molar-refractivity contribution in [2.75, 3.05) is 0 Å². The molecule has 3 aromatic carbocycles. The number of aryl methyl sites for hydroxylation is 1. The van der Waals surface area contributed by atoms with Crippen LogP contribution < -0.4 is 14.8 Å². The SMILES string of the molecule is Cc1ccccc1S(=O)(=O)NC(=O)NC(Cc1ccccc1)c1nccn1-c1cccc(OC(F)(F)F)c1. The maximum absolute atomic E-state index is 12.9. The van der Waals surface area contributed by atoms with Crippen molar-refractivity contribution in [1.82, 2.24) is 19.6 Å². The zero-order valence-corrected chi connectivity index (χ0v) is 20.8. The third-order valence-corrected chi connectivity index (χ3v) is 7.00. The average molecular weight is 545 g/mol. The summed E-state index contributed by atoms with van der Waals surface area (Å²) >= 11 is 0. The summed E-state index contributed by atoms with van der Waals surface area (Å²) in [6.45, 7) is 1.61. The van der Waals surface area contributed by atoms with Crippen molar-refractivity contribution in [3.05, 3.63) is 108 Å². The Kier molecular flexibility index (Phi) is 7.72. The topological polar surface area (TPSA) is 102 Å². The number of carbonyl (C=O) groups excluding carboxylic acids is 1. The molecule has 38 heavy (non-hydrogen) atoms. The number of amides is 2. The average Bonchev–Trinajstić information content (AvgIpc) is 3.33. The van der Waals surface area contributed by atoms with E-state index in [1.165, 1.54) is 35.2 Å². The van der Waals surface area contributed by atoms with E-state index in [9.17, 15) is 26.4 Å². The fraction of sp³-hybridized carbons (Fsp3) is 0.154. The number of nitrogens with one attached hydrogen (secondary N) is 2. The molecule has 12 heteroatoms. The minimum absolute atomic E-state index is 0.0438. The first-order valence-corrected chi connectivity index (χ1v) is 12.8. The number of aromatic nitrogens is 2. The molecular formula is C26H23F3N4O4S. The summed E-state index contributed by atoms with van der Waals surface area (Å²) in [5.74, 6) is -0.161. The summed E-state index contributed by atoms with van der Waals surface area (Å²) in [5, 5.41) is 2.65. The number of nitrogens with zero attached hydrogens (tertiary/aromatic N) is 2. The van der Waals surface area contributed by atoms with Crippen LogP contribution in [0.1, 0.15) is 23.0 Å². The van der Waals surface area contributed by atoms with Crippen molar-refractivity contribution in [2.24, 2.45) is 0 Å². The highest BCUT2D eigenvalue weighted by atomic mass is 32.2. The summed E-state index contributed by atoms with van der Waals surface area (Å²) < 4.78 is 71.4. The lowest BCUT2D eigenvalue weighted by molar-refractivity contribution is -0.274. The van der Waals surface area contributed by atoms with Crippen LogP contribution in [-0.4, -0.2) is 30.4 Å². The Morgan fingerprint density at radius 3 is 2.45 bits per heavy atom. The molecule has 0 saturated carbocycles. The van der Waals surface area contributed by atoms with Gasteiger partial charge in [0.15, 0.2) is 0 Å².